The standard InChI is InChI=1S/C21H22F3N3/c1-13(2)15-8-9-16(18(11-15)21(22,23)24)10-14(3)27-20-17-6-4-5-7-19(17)25-12-26-20/h4-9,11-14H,10H2,1-3H3,(H,25,26,27). The highest BCUT2D eigenvalue weighted by Crippen LogP contribution is 2.35. The molecule has 0 aliphatic rings. The molecule has 0 saturated heterocycles. The fourth-order valence-corrected chi connectivity index (χ4v) is 3.13. The Morgan fingerprint density at radius 3 is 2.44 bits per heavy atom. The van der Waals surface area contributed by atoms with Crippen LogP contribution in [0.1, 0.15) is 43.4 Å². The molecule has 0 spiro atoms. The lowest BCUT2D eigenvalue weighted by Crippen LogP contribution is -2.21. The molecule has 142 valence electrons. The second-order valence-electron chi connectivity index (χ2n) is 7.06. The third kappa shape index (κ3) is 4.38. The van der Waals surface area contributed by atoms with E-state index >= 15 is 0 Å². The van der Waals surface area contributed by atoms with Gasteiger partial charge in [-0.15, -0.1) is 0 Å². The van der Waals surface area contributed by atoms with Crippen LogP contribution in [0.5, 0.6) is 0 Å². The predicted molar refractivity (Wildman–Crippen MR) is 102 cm³/mol. The summed E-state index contributed by atoms with van der Waals surface area (Å²) in [5, 5.41) is 4.08. The molecule has 2 aromatic carbocycles. The molecule has 3 rings (SSSR count). The van der Waals surface area contributed by atoms with Gasteiger partial charge in [0.2, 0.25) is 0 Å². The van der Waals surface area contributed by atoms with Crippen LogP contribution in [0.25, 0.3) is 10.9 Å². The Hall–Kier alpha value is -2.63. The largest absolute Gasteiger partial charge is 0.416 e. The molecular formula is C21H22F3N3. The number of para-hydroxylation sites is 1. The molecule has 1 aromatic heterocycles. The first-order valence-corrected chi connectivity index (χ1v) is 8.92. The minimum atomic E-state index is -4.37. The van der Waals surface area contributed by atoms with Gasteiger partial charge in [-0.05, 0) is 48.6 Å². The van der Waals surface area contributed by atoms with E-state index in [2.05, 4.69) is 15.3 Å². The van der Waals surface area contributed by atoms with Crippen molar-refractivity contribution in [1.82, 2.24) is 9.97 Å². The zero-order valence-corrected chi connectivity index (χ0v) is 15.5. The van der Waals surface area contributed by atoms with Crippen molar-refractivity contribution in [2.45, 2.75) is 45.3 Å². The van der Waals surface area contributed by atoms with Gasteiger partial charge in [0.25, 0.3) is 0 Å². The predicted octanol–water partition coefficient (Wildman–Crippen LogP) is 5.82. The van der Waals surface area contributed by atoms with Crippen LogP contribution in [0, 0.1) is 0 Å². The molecule has 0 amide bonds. The molecule has 0 aliphatic carbocycles. The number of fused-ring (bicyclic) bond motifs is 1. The molecule has 0 bridgehead atoms. The average molecular weight is 373 g/mol. The molecule has 6 heteroatoms. The second kappa shape index (κ2) is 7.55. The number of halogens is 3. The van der Waals surface area contributed by atoms with E-state index in [0.29, 0.717) is 11.4 Å². The third-order valence-corrected chi connectivity index (χ3v) is 4.56. The highest BCUT2D eigenvalue weighted by molar-refractivity contribution is 5.88. The van der Waals surface area contributed by atoms with Gasteiger partial charge in [0.1, 0.15) is 12.1 Å². The number of hydrogen-bond acceptors (Lipinski definition) is 3. The Balaban J connectivity index is 1.86. The number of alkyl halides is 3. The van der Waals surface area contributed by atoms with Crippen molar-refractivity contribution in [2.24, 2.45) is 0 Å². The average Bonchev–Trinajstić information content (AvgIpc) is 2.61. The summed E-state index contributed by atoms with van der Waals surface area (Å²) in [4.78, 5) is 8.46. The zero-order valence-electron chi connectivity index (χ0n) is 15.5. The Bertz CT molecular complexity index is 930. The molecule has 1 atom stereocenters. The van der Waals surface area contributed by atoms with Gasteiger partial charge in [0.15, 0.2) is 0 Å². The van der Waals surface area contributed by atoms with Crippen molar-refractivity contribution in [3.63, 3.8) is 0 Å². The van der Waals surface area contributed by atoms with Crippen LogP contribution in [0.4, 0.5) is 19.0 Å². The topological polar surface area (TPSA) is 37.8 Å². The maximum Gasteiger partial charge on any atom is 0.416 e. The van der Waals surface area contributed by atoms with Crippen LogP contribution >= 0.6 is 0 Å². The lowest BCUT2D eigenvalue weighted by molar-refractivity contribution is -0.138. The first kappa shape index (κ1) is 19.1. The van der Waals surface area contributed by atoms with Crippen LogP contribution < -0.4 is 5.32 Å². The number of nitrogens with zero attached hydrogens (tertiary/aromatic N) is 2. The van der Waals surface area contributed by atoms with E-state index in [1.54, 1.807) is 12.1 Å². The van der Waals surface area contributed by atoms with Gasteiger partial charge in [0.05, 0.1) is 11.1 Å². The van der Waals surface area contributed by atoms with Crippen molar-refractivity contribution in [3.05, 3.63) is 65.5 Å². The van der Waals surface area contributed by atoms with Crippen LogP contribution in [0.2, 0.25) is 0 Å². The Labute approximate surface area is 156 Å². The molecule has 3 nitrogen and oxygen atoms in total. The van der Waals surface area contributed by atoms with Crippen LogP contribution in [-0.4, -0.2) is 16.0 Å². The minimum absolute atomic E-state index is 0.0445. The lowest BCUT2D eigenvalue weighted by Gasteiger charge is -2.20. The van der Waals surface area contributed by atoms with Crippen molar-refractivity contribution in [3.8, 4) is 0 Å². The molecule has 27 heavy (non-hydrogen) atoms. The maximum absolute atomic E-state index is 13.5. The number of rotatable bonds is 5. The summed E-state index contributed by atoms with van der Waals surface area (Å²) in [7, 11) is 0. The summed E-state index contributed by atoms with van der Waals surface area (Å²) in [6, 6.07) is 11.9. The van der Waals surface area contributed by atoms with Gasteiger partial charge < -0.3 is 5.32 Å². The number of hydrogen-bond donors (Lipinski definition) is 1. The van der Waals surface area contributed by atoms with Crippen molar-refractivity contribution >= 4 is 16.7 Å². The molecule has 0 saturated carbocycles. The fourth-order valence-electron chi connectivity index (χ4n) is 3.13. The number of benzene rings is 2. The van der Waals surface area contributed by atoms with E-state index < -0.39 is 11.7 Å². The summed E-state index contributed by atoms with van der Waals surface area (Å²) in [6.07, 6.45) is -2.68. The first-order chi connectivity index (χ1) is 12.8. The van der Waals surface area contributed by atoms with Crippen LogP contribution in [0.15, 0.2) is 48.8 Å². The summed E-state index contributed by atoms with van der Waals surface area (Å²) in [5.41, 5.74) is 1.20. The van der Waals surface area contributed by atoms with Crippen molar-refractivity contribution in [2.75, 3.05) is 5.32 Å². The molecule has 1 N–H and O–H groups in total. The van der Waals surface area contributed by atoms with E-state index in [4.69, 9.17) is 0 Å². The summed E-state index contributed by atoms with van der Waals surface area (Å²) < 4.78 is 40.6. The second-order valence-corrected chi connectivity index (χ2v) is 7.06. The smallest absolute Gasteiger partial charge is 0.367 e. The van der Waals surface area contributed by atoms with E-state index in [1.807, 2.05) is 45.0 Å². The van der Waals surface area contributed by atoms with E-state index in [1.165, 1.54) is 12.4 Å². The molecule has 1 heterocycles. The van der Waals surface area contributed by atoms with Crippen molar-refractivity contribution in [1.29, 1.82) is 0 Å². The number of nitrogens with one attached hydrogen (secondary N) is 1. The van der Waals surface area contributed by atoms with Crippen LogP contribution in [0.3, 0.4) is 0 Å². The van der Waals surface area contributed by atoms with Gasteiger partial charge in [-0.3, -0.25) is 0 Å². The molecule has 0 aliphatic heterocycles. The first-order valence-electron chi connectivity index (χ1n) is 8.92. The van der Waals surface area contributed by atoms with E-state index in [-0.39, 0.29) is 23.9 Å². The van der Waals surface area contributed by atoms with Gasteiger partial charge >= 0.3 is 6.18 Å². The number of aromatic nitrogens is 2. The highest BCUT2D eigenvalue weighted by Gasteiger charge is 2.34. The quantitative estimate of drug-likeness (QED) is 0.613. The van der Waals surface area contributed by atoms with Gasteiger partial charge in [-0.2, -0.15) is 13.2 Å². The minimum Gasteiger partial charge on any atom is -0.367 e. The van der Waals surface area contributed by atoms with Gasteiger partial charge in [-0.25, -0.2) is 9.97 Å². The lowest BCUT2D eigenvalue weighted by atomic mass is 9.94. The van der Waals surface area contributed by atoms with Gasteiger partial charge in [-0.1, -0.05) is 38.1 Å². The van der Waals surface area contributed by atoms with Gasteiger partial charge in [0, 0.05) is 11.4 Å². The summed E-state index contributed by atoms with van der Waals surface area (Å²) in [6.45, 7) is 5.63. The fraction of sp³-hybridized carbons (Fsp3) is 0.333. The summed E-state index contributed by atoms with van der Waals surface area (Å²) >= 11 is 0. The number of anilines is 1. The van der Waals surface area contributed by atoms with Crippen LogP contribution in [-0.2, 0) is 12.6 Å². The Kier molecular flexibility index (Phi) is 5.35. The molecule has 3 aromatic rings. The van der Waals surface area contributed by atoms with E-state index in [0.717, 1.165) is 10.9 Å². The monoisotopic (exact) mass is 373 g/mol. The summed E-state index contributed by atoms with van der Waals surface area (Å²) in [5.74, 6) is 0.670. The molecule has 1 unspecified atom stereocenters. The highest BCUT2D eigenvalue weighted by atomic mass is 19.4. The van der Waals surface area contributed by atoms with E-state index in [9.17, 15) is 13.2 Å². The molecular weight excluding hydrogens is 351 g/mol. The SMILES string of the molecule is CC(Cc1ccc(C(C)C)cc1C(F)(F)F)Nc1ncnc2ccccc12. The Morgan fingerprint density at radius 2 is 1.74 bits per heavy atom. The van der Waals surface area contributed by atoms with Crippen molar-refractivity contribution < 1.29 is 13.2 Å². The third-order valence-electron chi connectivity index (χ3n) is 4.56. The molecule has 0 radical (unpaired) electrons. The molecule has 0 fully saturated rings. The zero-order chi connectivity index (χ0) is 19.6. The normalized spacial score (nSPS) is 13.1. The maximum atomic E-state index is 13.5. The Morgan fingerprint density at radius 1 is 1.00 bits per heavy atom.